The minimum atomic E-state index is -0.0378. The van der Waals surface area contributed by atoms with Crippen molar-refractivity contribution in [2.75, 3.05) is 0 Å². The van der Waals surface area contributed by atoms with Gasteiger partial charge in [0.25, 0.3) is 0 Å². The maximum Gasteiger partial charge on any atom is 0.177 e. The number of nitrogens with two attached hydrogens (primary N) is 1. The number of hydrogen-bond donors (Lipinski definition) is 1. The van der Waals surface area contributed by atoms with Crippen LogP contribution in [0.1, 0.15) is 25.7 Å². The molecule has 0 bridgehead atoms. The lowest BCUT2D eigenvalue weighted by Crippen LogP contribution is -2.20. The fourth-order valence-corrected chi connectivity index (χ4v) is 1.64. The molecule has 0 aliphatic rings. The molecule has 4 heteroatoms. The summed E-state index contributed by atoms with van der Waals surface area (Å²) < 4.78 is 2.02. The molecule has 0 aromatic carbocycles. The summed E-state index contributed by atoms with van der Waals surface area (Å²) in [5.74, 6) is 1.28. The van der Waals surface area contributed by atoms with Crippen LogP contribution in [0.15, 0.2) is 18.3 Å². The van der Waals surface area contributed by atoms with Crippen LogP contribution >= 0.6 is 0 Å². The molecule has 2 aromatic heterocycles. The van der Waals surface area contributed by atoms with Crippen LogP contribution in [0.4, 0.5) is 0 Å². The van der Waals surface area contributed by atoms with Crippen molar-refractivity contribution in [3.05, 3.63) is 24.2 Å². The Morgan fingerprint density at radius 1 is 1.40 bits per heavy atom. The van der Waals surface area contributed by atoms with E-state index in [1.807, 2.05) is 23.7 Å². The van der Waals surface area contributed by atoms with E-state index in [0.717, 1.165) is 17.0 Å². The van der Waals surface area contributed by atoms with Gasteiger partial charge in [-0.1, -0.05) is 13.8 Å². The highest BCUT2D eigenvalue weighted by Gasteiger charge is 2.17. The number of rotatable bonds is 2. The third kappa shape index (κ3) is 1.61. The molecule has 80 valence electrons. The van der Waals surface area contributed by atoms with Crippen molar-refractivity contribution in [3.8, 4) is 0 Å². The lowest BCUT2D eigenvalue weighted by atomic mass is 10.1. The van der Waals surface area contributed by atoms with E-state index in [-0.39, 0.29) is 6.04 Å². The number of fused-ring (bicyclic) bond motifs is 1. The average molecular weight is 204 g/mol. The quantitative estimate of drug-likeness (QED) is 0.808. The van der Waals surface area contributed by atoms with Crippen LogP contribution in [0.25, 0.3) is 11.2 Å². The van der Waals surface area contributed by atoms with Gasteiger partial charge in [0.05, 0.1) is 11.6 Å². The van der Waals surface area contributed by atoms with Crippen molar-refractivity contribution < 1.29 is 0 Å². The van der Waals surface area contributed by atoms with Gasteiger partial charge in [0.1, 0.15) is 5.82 Å². The van der Waals surface area contributed by atoms with E-state index < -0.39 is 0 Å². The first-order valence-corrected chi connectivity index (χ1v) is 5.14. The highest BCUT2D eigenvalue weighted by Crippen LogP contribution is 2.21. The number of aryl methyl sites for hydroxylation is 1. The molecule has 0 fully saturated rings. The third-order valence-electron chi connectivity index (χ3n) is 2.71. The number of hydrogen-bond acceptors (Lipinski definition) is 3. The molecule has 0 saturated carbocycles. The summed E-state index contributed by atoms with van der Waals surface area (Å²) in [5, 5.41) is 0. The smallest absolute Gasteiger partial charge is 0.177 e. The highest BCUT2D eigenvalue weighted by atomic mass is 15.1. The second kappa shape index (κ2) is 3.62. The molecular formula is C11H16N4. The number of nitrogens with zero attached hydrogens (tertiary/aromatic N) is 3. The molecule has 0 unspecified atom stereocenters. The minimum Gasteiger partial charge on any atom is -0.328 e. The van der Waals surface area contributed by atoms with Gasteiger partial charge in [0.15, 0.2) is 5.65 Å². The van der Waals surface area contributed by atoms with Gasteiger partial charge in [-0.25, -0.2) is 9.97 Å². The first kappa shape index (κ1) is 10.1. The minimum absolute atomic E-state index is 0.0378. The molecular weight excluding hydrogens is 188 g/mol. The van der Waals surface area contributed by atoms with Crippen molar-refractivity contribution in [1.29, 1.82) is 0 Å². The van der Waals surface area contributed by atoms with Gasteiger partial charge in [-0.2, -0.15) is 0 Å². The molecule has 0 saturated heterocycles. The van der Waals surface area contributed by atoms with Crippen LogP contribution in [0, 0.1) is 5.92 Å². The normalized spacial score (nSPS) is 13.7. The summed E-state index contributed by atoms with van der Waals surface area (Å²) in [6.45, 7) is 4.19. The van der Waals surface area contributed by atoms with Crippen LogP contribution in [0.2, 0.25) is 0 Å². The molecule has 1 atom stereocenters. The van der Waals surface area contributed by atoms with E-state index in [2.05, 4.69) is 23.8 Å². The van der Waals surface area contributed by atoms with Crippen molar-refractivity contribution in [2.24, 2.45) is 18.7 Å². The largest absolute Gasteiger partial charge is 0.328 e. The Bertz CT molecular complexity index is 472. The number of pyridine rings is 1. The maximum absolute atomic E-state index is 6.09. The van der Waals surface area contributed by atoms with Gasteiger partial charge in [-0.05, 0) is 18.1 Å². The third-order valence-corrected chi connectivity index (χ3v) is 2.71. The molecule has 0 aliphatic heterocycles. The topological polar surface area (TPSA) is 56.7 Å². The fraction of sp³-hybridized carbons (Fsp3) is 0.455. The van der Waals surface area contributed by atoms with Crippen LogP contribution in [-0.2, 0) is 7.05 Å². The zero-order chi connectivity index (χ0) is 11.0. The van der Waals surface area contributed by atoms with Gasteiger partial charge in [0.2, 0.25) is 0 Å². The summed E-state index contributed by atoms with van der Waals surface area (Å²) in [5.41, 5.74) is 7.89. The predicted molar refractivity (Wildman–Crippen MR) is 60.3 cm³/mol. The Balaban J connectivity index is 2.58. The Morgan fingerprint density at radius 2 is 2.13 bits per heavy atom. The highest BCUT2D eigenvalue weighted by molar-refractivity contribution is 5.71. The molecule has 2 rings (SSSR count). The molecule has 2 heterocycles. The molecule has 15 heavy (non-hydrogen) atoms. The Hall–Kier alpha value is -1.42. The van der Waals surface area contributed by atoms with Gasteiger partial charge in [-0.15, -0.1) is 0 Å². The molecule has 0 aliphatic carbocycles. The van der Waals surface area contributed by atoms with Gasteiger partial charge >= 0.3 is 0 Å². The molecule has 0 spiro atoms. The lowest BCUT2D eigenvalue weighted by Gasteiger charge is -2.14. The van der Waals surface area contributed by atoms with Gasteiger partial charge < -0.3 is 10.3 Å². The summed E-state index contributed by atoms with van der Waals surface area (Å²) >= 11 is 0. The Labute approximate surface area is 89.1 Å². The predicted octanol–water partition coefficient (Wildman–Crippen LogP) is 1.62. The average Bonchev–Trinajstić information content (AvgIpc) is 2.56. The first-order valence-electron chi connectivity index (χ1n) is 5.14. The van der Waals surface area contributed by atoms with Gasteiger partial charge in [0, 0.05) is 13.2 Å². The van der Waals surface area contributed by atoms with Crippen LogP contribution in [-0.4, -0.2) is 14.5 Å². The Kier molecular flexibility index (Phi) is 2.44. The monoisotopic (exact) mass is 204 g/mol. The van der Waals surface area contributed by atoms with Crippen LogP contribution in [0.5, 0.6) is 0 Å². The number of imidazole rings is 1. The second-order valence-electron chi connectivity index (χ2n) is 4.14. The SMILES string of the molecule is CC(C)[C@H](N)c1nc2ncccc2n1C. The summed E-state index contributed by atoms with van der Waals surface area (Å²) in [7, 11) is 1.98. The van der Waals surface area contributed by atoms with Crippen molar-refractivity contribution >= 4 is 11.2 Å². The van der Waals surface area contributed by atoms with E-state index in [4.69, 9.17) is 5.73 Å². The number of aromatic nitrogens is 3. The van der Waals surface area contributed by atoms with Crippen molar-refractivity contribution in [1.82, 2.24) is 14.5 Å². The fourth-order valence-electron chi connectivity index (χ4n) is 1.64. The lowest BCUT2D eigenvalue weighted by molar-refractivity contribution is 0.480. The van der Waals surface area contributed by atoms with Crippen LogP contribution in [0.3, 0.4) is 0 Å². The first-order chi connectivity index (χ1) is 7.11. The van der Waals surface area contributed by atoms with Crippen LogP contribution < -0.4 is 5.73 Å². The second-order valence-corrected chi connectivity index (χ2v) is 4.14. The standard InChI is InChI=1S/C11H16N4/c1-7(2)9(12)11-14-10-8(15(11)3)5-4-6-13-10/h4-7,9H,12H2,1-3H3/t9-/m0/s1. The van der Waals surface area contributed by atoms with E-state index in [1.54, 1.807) is 6.20 Å². The summed E-state index contributed by atoms with van der Waals surface area (Å²) in [6.07, 6.45) is 1.75. The van der Waals surface area contributed by atoms with E-state index in [0.29, 0.717) is 5.92 Å². The van der Waals surface area contributed by atoms with E-state index in [9.17, 15) is 0 Å². The Morgan fingerprint density at radius 3 is 2.73 bits per heavy atom. The maximum atomic E-state index is 6.09. The molecule has 4 nitrogen and oxygen atoms in total. The molecule has 2 aromatic rings. The molecule has 0 radical (unpaired) electrons. The van der Waals surface area contributed by atoms with E-state index >= 15 is 0 Å². The van der Waals surface area contributed by atoms with E-state index in [1.165, 1.54) is 0 Å². The van der Waals surface area contributed by atoms with Gasteiger partial charge in [-0.3, -0.25) is 0 Å². The zero-order valence-corrected chi connectivity index (χ0v) is 9.31. The van der Waals surface area contributed by atoms with Crippen molar-refractivity contribution in [3.63, 3.8) is 0 Å². The summed E-state index contributed by atoms with van der Waals surface area (Å²) in [4.78, 5) is 8.68. The molecule has 2 N–H and O–H groups in total. The zero-order valence-electron chi connectivity index (χ0n) is 9.31. The van der Waals surface area contributed by atoms with Crippen molar-refractivity contribution in [2.45, 2.75) is 19.9 Å². The molecule has 0 amide bonds. The summed E-state index contributed by atoms with van der Waals surface area (Å²) in [6, 6.07) is 3.88.